The summed E-state index contributed by atoms with van der Waals surface area (Å²) in [7, 11) is 0. The first-order chi connectivity index (χ1) is 14.7. The minimum Gasteiger partial charge on any atom is -0.338 e. The Labute approximate surface area is 178 Å². The molecular weight excluding hydrogens is 380 g/mol. The van der Waals surface area contributed by atoms with Gasteiger partial charge in [-0.2, -0.15) is 0 Å². The highest BCUT2D eigenvalue weighted by molar-refractivity contribution is 5.74. The molecule has 0 aliphatic heterocycles. The van der Waals surface area contributed by atoms with Crippen molar-refractivity contribution in [1.29, 1.82) is 0 Å². The Hall–Kier alpha value is -3.16. The number of amides is 4. The van der Waals surface area contributed by atoms with Gasteiger partial charge >= 0.3 is 12.1 Å². The van der Waals surface area contributed by atoms with Crippen LogP contribution in [0.2, 0.25) is 0 Å². The van der Waals surface area contributed by atoms with E-state index in [-0.39, 0.29) is 12.1 Å². The zero-order chi connectivity index (χ0) is 21.3. The van der Waals surface area contributed by atoms with Crippen LogP contribution >= 0.6 is 0 Å². The molecule has 8 nitrogen and oxygen atoms in total. The molecule has 0 aliphatic carbocycles. The Kier molecular flexibility index (Phi) is 11.4. The quantitative estimate of drug-likeness (QED) is 0.379. The summed E-state index contributed by atoms with van der Waals surface area (Å²) < 4.78 is 0. The number of carbonyl (C=O) groups is 2. The van der Waals surface area contributed by atoms with Gasteiger partial charge in [-0.3, -0.25) is 9.97 Å². The van der Waals surface area contributed by atoms with Crippen LogP contribution in [0, 0.1) is 0 Å². The molecule has 2 rings (SSSR count). The van der Waals surface area contributed by atoms with Gasteiger partial charge < -0.3 is 21.3 Å². The predicted molar refractivity (Wildman–Crippen MR) is 117 cm³/mol. The number of rotatable bonds is 13. The van der Waals surface area contributed by atoms with Crippen molar-refractivity contribution in [2.24, 2.45) is 0 Å². The topological polar surface area (TPSA) is 108 Å². The summed E-state index contributed by atoms with van der Waals surface area (Å²) in [6.07, 6.45) is 9.77. The van der Waals surface area contributed by atoms with Crippen molar-refractivity contribution in [2.45, 2.75) is 51.6 Å². The van der Waals surface area contributed by atoms with E-state index in [1.54, 1.807) is 12.4 Å². The van der Waals surface area contributed by atoms with Gasteiger partial charge in [-0.1, -0.05) is 37.8 Å². The van der Waals surface area contributed by atoms with Gasteiger partial charge in [0.2, 0.25) is 0 Å². The summed E-state index contributed by atoms with van der Waals surface area (Å²) in [5, 5.41) is 11.3. The molecule has 2 aromatic heterocycles. The van der Waals surface area contributed by atoms with Crippen molar-refractivity contribution in [2.75, 3.05) is 13.1 Å². The van der Waals surface area contributed by atoms with E-state index < -0.39 is 0 Å². The van der Waals surface area contributed by atoms with Crippen LogP contribution in [0.3, 0.4) is 0 Å². The van der Waals surface area contributed by atoms with Crippen LogP contribution in [-0.4, -0.2) is 35.1 Å². The van der Waals surface area contributed by atoms with Crippen LogP contribution in [-0.2, 0) is 13.1 Å². The molecule has 0 fully saturated rings. The van der Waals surface area contributed by atoms with E-state index in [0.717, 1.165) is 49.9 Å². The zero-order valence-corrected chi connectivity index (χ0v) is 17.4. The maximum absolute atomic E-state index is 11.7. The molecule has 4 N–H and O–H groups in total. The normalized spacial score (nSPS) is 10.3. The second-order valence-electron chi connectivity index (χ2n) is 6.98. The van der Waals surface area contributed by atoms with E-state index in [2.05, 4.69) is 31.2 Å². The van der Waals surface area contributed by atoms with Gasteiger partial charge in [0.05, 0.1) is 24.5 Å². The highest BCUT2D eigenvalue weighted by atomic mass is 16.2. The summed E-state index contributed by atoms with van der Waals surface area (Å²) in [5.74, 6) is 0. The van der Waals surface area contributed by atoms with E-state index in [1.165, 1.54) is 0 Å². The number of nitrogens with zero attached hydrogens (tertiary/aromatic N) is 2. The molecule has 0 aliphatic rings. The molecule has 2 heterocycles. The second kappa shape index (κ2) is 14.8. The first-order valence-corrected chi connectivity index (χ1v) is 10.6. The number of nitrogens with one attached hydrogen (secondary N) is 4. The Morgan fingerprint density at radius 3 is 1.43 bits per heavy atom. The molecule has 0 bridgehead atoms. The van der Waals surface area contributed by atoms with Crippen LogP contribution < -0.4 is 21.3 Å². The monoisotopic (exact) mass is 412 g/mol. The Morgan fingerprint density at radius 2 is 1.03 bits per heavy atom. The highest BCUT2D eigenvalue weighted by Crippen LogP contribution is 2.04. The number of pyridine rings is 2. The molecule has 0 spiro atoms. The highest BCUT2D eigenvalue weighted by Gasteiger charge is 2.01. The second-order valence-corrected chi connectivity index (χ2v) is 6.98. The van der Waals surface area contributed by atoms with E-state index in [4.69, 9.17) is 0 Å². The number of urea groups is 2. The van der Waals surface area contributed by atoms with Gasteiger partial charge in [-0.05, 0) is 37.1 Å². The molecule has 0 unspecified atom stereocenters. The van der Waals surface area contributed by atoms with Gasteiger partial charge in [0.25, 0.3) is 0 Å². The summed E-state index contributed by atoms with van der Waals surface area (Å²) in [4.78, 5) is 31.7. The van der Waals surface area contributed by atoms with Gasteiger partial charge in [0.1, 0.15) is 0 Å². The van der Waals surface area contributed by atoms with Crippen molar-refractivity contribution < 1.29 is 9.59 Å². The maximum atomic E-state index is 11.7. The fraction of sp³-hybridized carbons (Fsp3) is 0.455. The summed E-state index contributed by atoms with van der Waals surface area (Å²) in [6.45, 7) is 2.21. The average molecular weight is 413 g/mol. The van der Waals surface area contributed by atoms with Crippen molar-refractivity contribution >= 4 is 12.1 Å². The van der Waals surface area contributed by atoms with E-state index >= 15 is 0 Å². The number of unbranched alkanes of at least 4 members (excludes halogenated alkanes) is 5. The van der Waals surface area contributed by atoms with Crippen molar-refractivity contribution in [3.63, 3.8) is 0 Å². The SMILES string of the molecule is O=C(NCCCCCCCCNC(=O)NCc1ccccn1)NCc1ccccn1. The number of carbonyl (C=O) groups excluding carboxylic acids is 2. The molecule has 2 aromatic rings. The third-order valence-corrected chi connectivity index (χ3v) is 4.49. The molecule has 0 saturated heterocycles. The largest absolute Gasteiger partial charge is 0.338 e. The molecule has 8 heteroatoms. The van der Waals surface area contributed by atoms with Gasteiger partial charge in [-0.25, -0.2) is 9.59 Å². The van der Waals surface area contributed by atoms with E-state index in [9.17, 15) is 9.59 Å². The molecule has 0 radical (unpaired) electrons. The number of aromatic nitrogens is 2. The molecule has 30 heavy (non-hydrogen) atoms. The minimum atomic E-state index is -0.159. The summed E-state index contributed by atoms with van der Waals surface area (Å²) in [6, 6.07) is 10.9. The average Bonchev–Trinajstić information content (AvgIpc) is 2.79. The third-order valence-electron chi connectivity index (χ3n) is 4.49. The molecule has 0 aromatic carbocycles. The van der Waals surface area contributed by atoms with Crippen LogP contribution in [0.1, 0.15) is 49.9 Å². The smallest absolute Gasteiger partial charge is 0.315 e. The lowest BCUT2D eigenvalue weighted by Crippen LogP contribution is -2.35. The zero-order valence-electron chi connectivity index (χ0n) is 17.4. The predicted octanol–water partition coefficient (Wildman–Crippen LogP) is 3.12. The van der Waals surface area contributed by atoms with E-state index in [1.807, 2.05) is 36.4 Å². The number of hydrogen-bond donors (Lipinski definition) is 4. The minimum absolute atomic E-state index is 0.159. The molecule has 162 valence electrons. The fourth-order valence-electron chi connectivity index (χ4n) is 2.83. The Morgan fingerprint density at radius 1 is 0.600 bits per heavy atom. The standard InChI is InChI=1S/C22H32N6O2/c29-21(27-17-19-11-5-9-13-23-19)25-15-7-3-1-2-4-8-16-26-22(30)28-18-20-12-6-10-14-24-20/h5-6,9-14H,1-4,7-8,15-18H2,(H2,25,27,29)(H2,26,28,30). The Balaban J connectivity index is 1.34. The molecule has 4 amide bonds. The van der Waals surface area contributed by atoms with Crippen LogP contribution in [0.25, 0.3) is 0 Å². The third kappa shape index (κ3) is 11.0. The molecule has 0 saturated carbocycles. The Bertz CT molecular complexity index is 663. The molecule has 0 atom stereocenters. The fourth-order valence-corrected chi connectivity index (χ4v) is 2.83. The van der Waals surface area contributed by atoms with Crippen LogP contribution in [0.4, 0.5) is 9.59 Å². The van der Waals surface area contributed by atoms with Gasteiger partial charge in [0, 0.05) is 25.5 Å². The lowest BCUT2D eigenvalue weighted by atomic mass is 10.1. The first kappa shape index (κ1) is 23.1. The summed E-state index contributed by atoms with van der Waals surface area (Å²) >= 11 is 0. The van der Waals surface area contributed by atoms with Gasteiger partial charge in [0.15, 0.2) is 0 Å². The van der Waals surface area contributed by atoms with Crippen LogP contribution in [0.15, 0.2) is 48.8 Å². The lowest BCUT2D eigenvalue weighted by Gasteiger charge is -2.08. The van der Waals surface area contributed by atoms with Gasteiger partial charge in [-0.15, -0.1) is 0 Å². The lowest BCUT2D eigenvalue weighted by molar-refractivity contribution is 0.239. The maximum Gasteiger partial charge on any atom is 0.315 e. The first-order valence-electron chi connectivity index (χ1n) is 10.6. The summed E-state index contributed by atoms with van der Waals surface area (Å²) in [5.41, 5.74) is 1.68. The molecular formula is C22H32N6O2. The number of hydrogen-bond acceptors (Lipinski definition) is 4. The van der Waals surface area contributed by atoms with Crippen LogP contribution in [0.5, 0.6) is 0 Å². The van der Waals surface area contributed by atoms with Crippen molar-refractivity contribution in [3.05, 3.63) is 60.2 Å². The van der Waals surface area contributed by atoms with E-state index in [0.29, 0.717) is 26.2 Å². The van der Waals surface area contributed by atoms with Crippen molar-refractivity contribution in [1.82, 2.24) is 31.2 Å². The van der Waals surface area contributed by atoms with Crippen molar-refractivity contribution in [3.8, 4) is 0 Å².